The third-order valence-corrected chi connectivity index (χ3v) is 5.19. The fraction of sp³-hybridized carbons (Fsp3) is 0.286. The van der Waals surface area contributed by atoms with Crippen molar-refractivity contribution >= 4 is 27.3 Å². The second kappa shape index (κ2) is 6.55. The second-order valence-corrected chi connectivity index (χ2v) is 7.98. The molecule has 8 heteroatoms. The highest BCUT2D eigenvalue weighted by atomic mass is 32.2. The zero-order valence-corrected chi connectivity index (χ0v) is 13.8. The number of hydrogen-bond donors (Lipinski definition) is 2. The normalized spacial score (nSPS) is 11.5. The molecule has 1 aromatic heterocycles. The van der Waals surface area contributed by atoms with Gasteiger partial charge in [0.05, 0.1) is 12.3 Å². The highest BCUT2D eigenvalue weighted by molar-refractivity contribution is 7.88. The Morgan fingerprint density at radius 1 is 1.36 bits per heavy atom. The first-order valence-electron chi connectivity index (χ1n) is 6.49. The summed E-state index contributed by atoms with van der Waals surface area (Å²) in [5.41, 5.74) is 1.67. The minimum absolute atomic E-state index is 0.00701. The number of benzene rings is 1. The summed E-state index contributed by atoms with van der Waals surface area (Å²) in [6.45, 7) is 3.54. The first-order chi connectivity index (χ1) is 10.3. The fourth-order valence-electron chi connectivity index (χ4n) is 1.97. The van der Waals surface area contributed by atoms with E-state index >= 15 is 0 Å². The van der Waals surface area contributed by atoms with Crippen LogP contribution in [0.2, 0.25) is 0 Å². The Morgan fingerprint density at radius 3 is 2.68 bits per heavy atom. The molecule has 2 N–H and O–H groups in total. The van der Waals surface area contributed by atoms with Gasteiger partial charge < -0.3 is 5.11 Å². The molecular formula is C14H16N2O4S2. The maximum atomic E-state index is 12.1. The topological polar surface area (TPSA) is 96.4 Å². The summed E-state index contributed by atoms with van der Waals surface area (Å²) in [5, 5.41) is 9.37. The standard InChI is InChI=1S/C14H16N2O4S2/c1-9-4-3-5-11(6-9)8-22(19,20)15-7-12-16-13(14(17)18)10(2)21-12/h3-6,15H,7-8H2,1-2H3,(H,17,18). The van der Waals surface area contributed by atoms with Crippen molar-refractivity contribution in [3.8, 4) is 0 Å². The smallest absolute Gasteiger partial charge is 0.355 e. The lowest BCUT2D eigenvalue weighted by molar-refractivity contribution is 0.0690. The lowest BCUT2D eigenvalue weighted by Gasteiger charge is -2.06. The van der Waals surface area contributed by atoms with Gasteiger partial charge in [0.25, 0.3) is 0 Å². The van der Waals surface area contributed by atoms with Crippen molar-refractivity contribution in [1.82, 2.24) is 9.71 Å². The summed E-state index contributed by atoms with van der Waals surface area (Å²) in [4.78, 5) is 15.4. The highest BCUT2D eigenvalue weighted by Gasteiger charge is 2.16. The summed E-state index contributed by atoms with van der Waals surface area (Å²) >= 11 is 1.17. The molecule has 6 nitrogen and oxygen atoms in total. The second-order valence-electron chi connectivity index (χ2n) is 4.89. The van der Waals surface area contributed by atoms with Gasteiger partial charge in [-0.15, -0.1) is 11.3 Å². The molecule has 0 aliphatic heterocycles. The van der Waals surface area contributed by atoms with Crippen LogP contribution < -0.4 is 4.72 Å². The van der Waals surface area contributed by atoms with Crippen LogP contribution in [-0.4, -0.2) is 24.5 Å². The SMILES string of the molecule is Cc1cccc(CS(=O)(=O)NCc2nc(C(=O)O)c(C)s2)c1. The molecule has 0 saturated heterocycles. The van der Waals surface area contributed by atoms with Gasteiger partial charge in [0.2, 0.25) is 10.0 Å². The molecule has 2 rings (SSSR count). The van der Waals surface area contributed by atoms with Crippen LogP contribution in [-0.2, 0) is 22.3 Å². The van der Waals surface area contributed by atoms with E-state index in [2.05, 4.69) is 9.71 Å². The van der Waals surface area contributed by atoms with E-state index in [-0.39, 0.29) is 18.0 Å². The van der Waals surface area contributed by atoms with Gasteiger partial charge in [0.15, 0.2) is 5.69 Å². The largest absolute Gasteiger partial charge is 0.476 e. The predicted molar refractivity (Wildman–Crippen MR) is 84.5 cm³/mol. The molecule has 0 amide bonds. The number of aromatic nitrogens is 1. The number of nitrogens with one attached hydrogen (secondary N) is 1. The van der Waals surface area contributed by atoms with E-state index in [1.165, 1.54) is 11.3 Å². The van der Waals surface area contributed by atoms with E-state index in [1.807, 2.05) is 25.1 Å². The van der Waals surface area contributed by atoms with Crippen LogP contribution in [0.15, 0.2) is 24.3 Å². The fourth-order valence-corrected chi connectivity index (χ4v) is 4.00. The molecule has 0 saturated carbocycles. The van der Waals surface area contributed by atoms with Gasteiger partial charge in [-0.2, -0.15) is 0 Å². The van der Waals surface area contributed by atoms with E-state index in [0.717, 1.165) is 5.56 Å². The zero-order valence-electron chi connectivity index (χ0n) is 12.2. The number of carbonyl (C=O) groups is 1. The first-order valence-corrected chi connectivity index (χ1v) is 8.96. The van der Waals surface area contributed by atoms with Crippen molar-refractivity contribution in [2.45, 2.75) is 26.1 Å². The quantitative estimate of drug-likeness (QED) is 0.839. The Labute approximate surface area is 132 Å². The zero-order chi connectivity index (χ0) is 16.3. The van der Waals surface area contributed by atoms with Crippen LogP contribution in [0.1, 0.15) is 31.5 Å². The van der Waals surface area contributed by atoms with Crippen LogP contribution >= 0.6 is 11.3 Å². The van der Waals surface area contributed by atoms with Crippen LogP contribution in [0, 0.1) is 13.8 Å². The lowest BCUT2D eigenvalue weighted by Crippen LogP contribution is -2.24. The number of sulfonamides is 1. The Hall–Kier alpha value is -1.77. The van der Waals surface area contributed by atoms with Gasteiger partial charge in [-0.05, 0) is 19.4 Å². The molecule has 0 atom stereocenters. The van der Waals surface area contributed by atoms with Gasteiger partial charge in [-0.3, -0.25) is 0 Å². The minimum Gasteiger partial charge on any atom is -0.476 e. The van der Waals surface area contributed by atoms with Gasteiger partial charge in [0, 0.05) is 4.88 Å². The summed E-state index contributed by atoms with van der Waals surface area (Å²) in [5.74, 6) is -1.23. The highest BCUT2D eigenvalue weighted by Crippen LogP contribution is 2.17. The monoisotopic (exact) mass is 340 g/mol. The van der Waals surface area contributed by atoms with Crippen LogP contribution in [0.4, 0.5) is 0 Å². The molecule has 0 bridgehead atoms. The molecule has 22 heavy (non-hydrogen) atoms. The molecule has 118 valence electrons. The number of nitrogens with zero attached hydrogens (tertiary/aromatic N) is 1. The number of carboxylic acids is 1. The first kappa shape index (κ1) is 16.6. The molecule has 0 aliphatic carbocycles. The van der Waals surface area contributed by atoms with E-state index in [0.29, 0.717) is 15.4 Å². The van der Waals surface area contributed by atoms with Gasteiger partial charge in [-0.1, -0.05) is 29.8 Å². The van der Waals surface area contributed by atoms with Gasteiger partial charge in [-0.25, -0.2) is 22.9 Å². The Morgan fingerprint density at radius 2 is 2.09 bits per heavy atom. The van der Waals surface area contributed by atoms with Crippen molar-refractivity contribution in [3.63, 3.8) is 0 Å². The van der Waals surface area contributed by atoms with Crippen LogP contribution in [0.5, 0.6) is 0 Å². The number of carboxylic acid groups (broad SMARTS) is 1. The van der Waals surface area contributed by atoms with E-state index < -0.39 is 16.0 Å². The molecular weight excluding hydrogens is 324 g/mol. The molecule has 0 unspecified atom stereocenters. The summed E-state index contributed by atoms with van der Waals surface area (Å²) < 4.78 is 26.6. The molecule has 2 aromatic rings. The summed E-state index contributed by atoms with van der Waals surface area (Å²) in [6, 6.07) is 7.27. The van der Waals surface area contributed by atoms with E-state index in [1.54, 1.807) is 13.0 Å². The number of aromatic carboxylic acids is 1. The van der Waals surface area contributed by atoms with Gasteiger partial charge in [0.1, 0.15) is 5.01 Å². The number of aryl methyl sites for hydroxylation is 2. The average molecular weight is 340 g/mol. The summed E-state index contributed by atoms with van der Waals surface area (Å²) in [6.07, 6.45) is 0. The minimum atomic E-state index is -3.50. The van der Waals surface area contributed by atoms with Crippen molar-refractivity contribution in [3.05, 3.63) is 51.0 Å². The van der Waals surface area contributed by atoms with Crippen molar-refractivity contribution < 1.29 is 18.3 Å². The average Bonchev–Trinajstić information content (AvgIpc) is 2.77. The van der Waals surface area contributed by atoms with E-state index in [4.69, 9.17) is 5.11 Å². The van der Waals surface area contributed by atoms with Crippen molar-refractivity contribution in [1.29, 1.82) is 0 Å². The molecule has 0 fully saturated rings. The number of thiazole rings is 1. The predicted octanol–water partition coefficient (Wildman–Crippen LogP) is 2.08. The molecule has 0 spiro atoms. The molecule has 1 aromatic carbocycles. The maximum absolute atomic E-state index is 12.1. The Balaban J connectivity index is 2.04. The third kappa shape index (κ3) is 4.36. The van der Waals surface area contributed by atoms with Crippen molar-refractivity contribution in [2.75, 3.05) is 0 Å². The maximum Gasteiger partial charge on any atom is 0.355 e. The Bertz CT molecular complexity index is 797. The summed E-state index contributed by atoms with van der Waals surface area (Å²) in [7, 11) is -3.50. The van der Waals surface area contributed by atoms with Gasteiger partial charge >= 0.3 is 5.97 Å². The molecule has 1 heterocycles. The van der Waals surface area contributed by atoms with E-state index in [9.17, 15) is 13.2 Å². The molecule has 0 radical (unpaired) electrons. The Kier molecular flexibility index (Phi) is 4.94. The number of hydrogen-bond acceptors (Lipinski definition) is 5. The van der Waals surface area contributed by atoms with Crippen LogP contribution in [0.25, 0.3) is 0 Å². The van der Waals surface area contributed by atoms with Crippen molar-refractivity contribution in [2.24, 2.45) is 0 Å². The third-order valence-electron chi connectivity index (χ3n) is 2.93. The molecule has 0 aliphatic rings. The number of rotatable bonds is 6. The van der Waals surface area contributed by atoms with Crippen LogP contribution in [0.3, 0.4) is 0 Å². The lowest BCUT2D eigenvalue weighted by atomic mass is 10.2.